The number of hydrogen-bond donors (Lipinski definition) is 1. The Labute approximate surface area is 214 Å². The lowest BCUT2D eigenvalue weighted by molar-refractivity contribution is -0.140. The van der Waals surface area contributed by atoms with Crippen LogP contribution in [-0.4, -0.2) is 43.5 Å². The first kappa shape index (κ1) is 26.8. The number of rotatable bonds is 13. The number of carbonyl (C=O) groups excluding carboxylic acids is 2. The highest BCUT2D eigenvalue weighted by Gasteiger charge is 2.30. The molecule has 6 nitrogen and oxygen atoms in total. The molecule has 0 fully saturated rings. The zero-order chi connectivity index (χ0) is 25.8. The van der Waals surface area contributed by atoms with Gasteiger partial charge in [0.05, 0.1) is 20.6 Å². The Balaban J connectivity index is 1.94. The van der Waals surface area contributed by atoms with E-state index >= 15 is 0 Å². The van der Waals surface area contributed by atoms with Crippen LogP contribution in [-0.2, 0) is 29.0 Å². The van der Waals surface area contributed by atoms with Crippen LogP contribution in [0.15, 0.2) is 78.9 Å². The summed E-state index contributed by atoms with van der Waals surface area (Å²) in [5.74, 6) is 1.19. The largest absolute Gasteiger partial charge is 0.497 e. The van der Waals surface area contributed by atoms with Gasteiger partial charge in [-0.1, -0.05) is 67.9 Å². The Morgan fingerprint density at radius 2 is 1.53 bits per heavy atom. The molecule has 1 N–H and O–H groups in total. The number of methoxy groups -OCH3 is 2. The van der Waals surface area contributed by atoms with Gasteiger partial charge in [0.1, 0.15) is 17.5 Å². The summed E-state index contributed by atoms with van der Waals surface area (Å²) in [6, 6.07) is 24.2. The number of benzene rings is 3. The van der Waals surface area contributed by atoms with Gasteiger partial charge in [-0.25, -0.2) is 0 Å². The lowest BCUT2D eigenvalue weighted by atomic mass is 10.0. The van der Waals surface area contributed by atoms with E-state index in [4.69, 9.17) is 9.47 Å². The minimum Gasteiger partial charge on any atom is -0.497 e. The van der Waals surface area contributed by atoms with E-state index in [0.717, 1.165) is 35.3 Å². The zero-order valence-corrected chi connectivity index (χ0v) is 21.4. The van der Waals surface area contributed by atoms with Gasteiger partial charge in [-0.15, -0.1) is 0 Å². The van der Waals surface area contributed by atoms with Crippen LogP contribution in [0.1, 0.15) is 36.5 Å². The van der Waals surface area contributed by atoms with Crippen LogP contribution in [0.5, 0.6) is 11.5 Å². The van der Waals surface area contributed by atoms with E-state index in [9.17, 15) is 9.59 Å². The maximum absolute atomic E-state index is 13.8. The predicted octanol–water partition coefficient (Wildman–Crippen LogP) is 4.80. The Hall–Kier alpha value is -3.80. The number of carbonyl (C=O) groups is 2. The molecule has 3 aromatic carbocycles. The summed E-state index contributed by atoms with van der Waals surface area (Å²) < 4.78 is 10.6. The average Bonchev–Trinajstić information content (AvgIpc) is 2.91. The van der Waals surface area contributed by atoms with Crippen LogP contribution < -0.4 is 14.8 Å². The molecule has 3 rings (SSSR count). The summed E-state index contributed by atoms with van der Waals surface area (Å²) in [6.07, 6.45) is 2.48. The quantitative estimate of drug-likeness (QED) is 0.351. The van der Waals surface area contributed by atoms with Crippen molar-refractivity contribution in [2.45, 2.75) is 45.2 Å². The number of nitrogens with zero attached hydrogens (tertiary/aromatic N) is 1. The van der Waals surface area contributed by atoms with E-state index < -0.39 is 6.04 Å². The Bertz CT molecular complexity index is 1100. The molecule has 0 spiro atoms. The summed E-state index contributed by atoms with van der Waals surface area (Å²) >= 11 is 0. The molecule has 0 saturated carbocycles. The van der Waals surface area contributed by atoms with Crippen molar-refractivity contribution in [1.29, 1.82) is 0 Å². The molecule has 0 radical (unpaired) electrons. The van der Waals surface area contributed by atoms with Crippen molar-refractivity contribution in [1.82, 2.24) is 10.2 Å². The topological polar surface area (TPSA) is 67.9 Å². The second kappa shape index (κ2) is 13.9. The van der Waals surface area contributed by atoms with Gasteiger partial charge in [-0.3, -0.25) is 9.59 Å². The van der Waals surface area contributed by atoms with E-state index in [2.05, 4.69) is 12.2 Å². The van der Waals surface area contributed by atoms with Gasteiger partial charge in [0.2, 0.25) is 11.8 Å². The lowest BCUT2D eigenvalue weighted by Gasteiger charge is -2.32. The third-order valence-corrected chi connectivity index (χ3v) is 6.10. The minimum atomic E-state index is -0.652. The van der Waals surface area contributed by atoms with Gasteiger partial charge < -0.3 is 19.7 Å². The average molecular weight is 489 g/mol. The van der Waals surface area contributed by atoms with Gasteiger partial charge in [-0.2, -0.15) is 0 Å². The lowest BCUT2D eigenvalue weighted by Crippen LogP contribution is -2.51. The van der Waals surface area contributed by atoms with Gasteiger partial charge >= 0.3 is 0 Å². The molecule has 0 unspecified atom stereocenters. The summed E-state index contributed by atoms with van der Waals surface area (Å²) in [7, 11) is 3.23. The molecule has 190 valence electrons. The molecule has 0 aromatic heterocycles. The fourth-order valence-electron chi connectivity index (χ4n) is 4.05. The van der Waals surface area contributed by atoms with Gasteiger partial charge in [0, 0.05) is 19.5 Å². The van der Waals surface area contributed by atoms with Crippen LogP contribution in [0.25, 0.3) is 0 Å². The van der Waals surface area contributed by atoms with Crippen molar-refractivity contribution in [3.8, 4) is 11.5 Å². The highest BCUT2D eigenvalue weighted by molar-refractivity contribution is 5.88. The van der Waals surface area contributed by atoms with E-state index in [0.29, 0.717) is 25.3 Å². The molecule has 0 aliphatic rings. The van der Waals surface area contributed by atoms with Gasteiger partial charge in [0.15, 0.2) is 0 Å². The second-order valence-electron chi connectivity index (χ2n) is 8.75. The third kappa shape index (κ3) is 7.87. The standard InChI is InChI=1S/C30H36N2O4/c1-4-5-18-31-30(34)28(20-23-10-7-6-8-11-23)32(22-25-12-9-13-27(19-25)36-3)29(33)21-24-14-16-26(35-2)17-15-24/h6-17,19,28H,4-5,18,20-22H2,1-3H3,(H,31,34)/t28-/m1/s1. The van der Waals surface area contributed by atoms with Crippen molar-refractivity contribution in [2.75, 3.05) is 20.8 Å². The smallest absolute Gasteiger partial charge is 0.243 e. The summed E-state index contributed by atoms with van der Waals surface area (Å²) in [5, 5.41) is 3.05. The monoisotopic (exact) mass is 488 g/mol. The Kier molecular flexibility index (Phi) is 10.4. The second-order valence-corrected chi connectivity index (χ2v) is 8.75. The van der Waals surface area contributed by atoms with Crippen molar-refractivity contribution in [3.05, 3.63) is 95.6 Å². The molecule has 0 aliphatic heterocycles. The maximum atomic E-state index is 13.8. The van der Waals surface area contributed by atoms with Crippen LogP contribution in [0, 0.1) is 0 Å². The first-order chi connectivity index (χ1) is 17.5. The summed E-state index contributed by atoms with van der Waals surface area (Å²) in [6.45, 7) is 2.96. The molecule has 1 atom stereocenters. The SMILES string of the molecule is CCCCNC(=O)[C@@H](Cc1ccccc1)N(Cc1cccc(OC)c1)C(=O)Cc1ccc(OC)cc1. The highest BCUT2D eigenvalue weighted by Crippen LogP contribution is 2.20. The molecule has 3 aromatic rings. The number of hydrogen-bond acceptors (Lipinski definition) is 4. The number of ether oxygens (including phenoxy) is 2. The predicted molar refractivity (Wildman–Crippen MR) is 142 cm³/mol. The van der Waals surface area contributed by atoms with Crippen molar-refractivity contribution >= 4 is 11.8 Å². The van der Waals surface area contributed by atoms with Gasteiger partial charge in [-0.05, 0) is 47.4 Å². The van der Waals surface area contributed by atoms with E-state index in [1.54, 1.807) is 19.1 Å². The molecule has 0 heterocycles. The normalized spacial score (nSPS) is 11.4. The van der Waals surface area contributed by atoms with Crippen molar-refractivity contribution in [2.24, 2.45) is 0 Å². The van der Waals surface area contributed by atoms with E-state index in [1.807, 2.05) is 78.9 Å². The fraction of sp³-hybridized carbons (Fsp3) is 0.333. The van der Waals surface area contributed by atoms with Crippen LogP contribution in [0.4, 0.5) is 0 Å². The summed E-state index contributed by atoms with van der Waals surface area (Å²) in [5.41, 5.74) is 2.76. The molecule has 36 heavy (non-hydrogen) atoms. The summed E-state index contributed by atoms with van der Waals surface area (Å²) in [4.78, 5) is 28.9. The first-order valence-electron chi connectivity index (χ1n) is 12.4. The van der Waals surface area contributed by atoms with Crippen LogP contribution >= 0.6 is 0 Å². The molecular weight excluding hydrogens is 452 g/mol. The third-order valence-electron chi connectivity index (χ3n) is 6.10. The minimum absolute atomic E-state index is 0.116. The van der Waals surface area contributed by atoms with Crippen LogP contribution in [0.3, 0.4) is 0 Å². The van der Waals surface area contributed by atoms with Crippen LogP contribution in [0.2, 0.25) is 0 Å². The molecule has 6 heteroatoms. The van der Waals surface area contributed by atoms with Crippen molar-refractivity contribution in [3.63, 3.8) is 0 Å². The first-order valence-corrected chi connectivity index (χ1v) is 12.4. The Morgan fingerprint density at radius 1 is 0.833 bits per heavy atom. The zero-order valence-electron chi connectivity index (χ0n) is 21.4. The van der Waals surface area contributed by atoms with Crippen molar-refractivity contribution < 1.29 is 19.1 Å². The van der Waals surface area contributed by atoms with Gasteiger partial charge in [0.25, 0.3) is 0 Å². The van der Waals surface area contributed by atoms with E-state index in [-0.39, 0.29) is 18.2 Å². The van der Waals surface area contributed by atoms with E-state index in [1.165, 1.54) is 0 Å². The molecule has 2 amide bonds. The molecular formula is C30H36N2O4. The highest BCUT2D eigenvalue weighted by atomic mass is 16.5. The maximum Gasteiger partial charge on any atom is 0.243 e. The fourth-order valence-corrected chi connectivity index (χ4v) is 4.05. The number of unbranched alkanes of at least 4 members (excludes halogenated alkanes) is 1. The number of amides is 2. The molecule has 0 aliphatic carbocycles. The molecule has 0 saturated heterocycles. The molecule has 0 bridgehead atoms. The number of nitrogens with one attached hydrogen (secondary N) is 1. The Morgan fingerprint density at radius 3 is 2.19 bits per heavy atom.